The first kappa shape index (κ1) is 14.9. The Labute approximate surface area is 121 Å². The molecule has 1 heterocycles. The zero-order valence-electron chi connectivity index (χ0n) is 11.7. The van der Waals surface area contributed by atoms with Crippen LogP contribution in [0.4, 0.5) is 20.2 Å². The van der Waals surface area contributed by atoms with Crippen molar-refractivity contribution < 1.29 is 13.6 Å². The van der Waals surface area contributed by atoms with Crippen molar-refractivity contribution in [2.24, 2.45) is 0 Å². The minimum absolute atomic E-state index is 0.182. The van der Waals surface area contributed by atoms with Crippen LogP contribution in [0.3, 0.4) is 0 Å². The second-order valence-corrected chi connectivity index (χ2v) is 4.48. The first-order chi connectivity index (χ1) is 10.0. The van der Waals surface area contributed by atoms with Crippen LogP contribution in [0, 0.1) is 18.6 Å². The molecule has 21 heavy (non-hydrogen) atoms. The number of nitrogens with zero attached hydrogens (tertiary/aromatic N) is 1. The summed E-state index contributed by atoms with van der Waals surface area (Å²) >= 11 is 0. The highest BCUT2D eigenvalue weighted by Gasteiger charge is 2.13. The first-order valence-corrected chi connectivity index (χ1v) is 6.48. The van der Waals surface area contributed by atoms with Gasteiger partial charge in [-0.15, -0.1) is 0 Å². The molecule has 2 aromatic rings. The highest BCUT2D eigenvalue weighted by atomic mass is 19.2. The normalized spacial score (nSPS) is 10.3. The van der Waals surface area contributed by atoms with Gasteiger partial charge in [0, 0.05) is 30.2 Å². The van der Waals surface area contributed by atoms with E-state index in [4.69, 9.17) is 0 Å². The standard InChI is InChI=1S/C15H15F2N3O/c1-3-18-14-6-9(2)19-8-11(14)15(21)20-10-4-5-12(16)13(17)7-10/h4-8H,3H2,1-2H3,(H,18,19)(H,20,21). The van der Waals surface area contributed by atoms with Gasteiger partial charge in [0.25, 0.3) is 5.91 Å². The predicted octanol–water partition coefficient (Wildman–Crippen LogP) is 3.35. The SMILES string of the molecule is CCNc1cc(C)ncc1C(=O)Nc1ccc(F)c(F)c1. The van der Waals surface area contributed by atoms with Gasteiger partial charge in [0.2, 0.25) is 0 Å². The molecule has 110 valence electrons. The fraction of sp³-hybridized carbons (Fsp3) is 0.200. The number of hydrogen-bond donors (Lipinski definition) is 2. The van der Waals surface area contributed by atoms with Crippen molar-refractivity contribution in [1.82, 2.24) is 4.98 Å². The van der Waals surface area contributed by atoms with Crippen LogP contribution in [0.2, 0.25) is 0 Å². The zero-order chi connectivity index (χ0) is 15.4. The van der Waals surface area contributed by atoms with Gasteiger partial charge < -0.3 is 10.6 Å². The number of carbonyl (C=O) groups is 1. The molecule has 2 rings (SSSR count). The third-order valence-electron chi connectivity index (χ3n) is 2.83. The summed E-state index contributed by atoms with van der Waals surface area (Å²) < 4.78 is 26.0. The van der Waals surface area contributed by atoms with Gasteiger partial charge in [-0.05, 0) is 32.0 Å². The topological polar surface area (TPSA) is 54.0 Å². The van der Waals surface area contributed by atoms with E-state index in [9.17, 15) is 13.6 Å². The van der Waals surface area contributed by atoms with Crippen molar-refractivity contribution in [2.75, 3.05) is 17.2 Å². The molecule has 6 heteroatoms. The molecule has 4 nitrogen and oxygen atoms in total. The van der Waals surface area contributed by atoms with Crippen LogP contribution in [0.25, 0.3) is 0 Å². The summed E-state index contributed by atoms with van der Waals surface area (Å²) in [6, 6.07) is 4.94. The zero-order valence-corrected chi connectivity index (χ0v) is 11.7. The molecule has 0 aliphatic carbocycles. The Morgan fingerprint density at radius 2 is 2.00 bits per heavy atom. The molecule has 1 aromatic carbocycles. The fourth-order valence-electron chi connectivity index (χ4n) is 1.85. The summed E-state index contributed by atoms with van der Waals surface area (Å²) in [5.41, 5.74) is 1.94. The summed E-state index contributed by atoms with van der Waals surface area (Å²) in [6.07, 6.45) is 1.45. The number of hydrogen-bond acceptors (Lipinski definition) is 3. The van der Waals surface area contributed by atoms with E-state index in [1.807, 2.05) is 13.8 Å². The van der Waals surface area contributed by atoms with E-state index in [-0.39, 0.29) is 5.69 Å². The molecule has 1 amide bonds. The average Bonchev–Trinajstić information content (AvgIpc) is 2.43. The molecule has 0 aliphatic rings. The number of carbonyl (C=O) groups excluding carboxylic acids is 1. The van der Waals surface area contributed by atoms with Crippen LogP contribution in [-0.4, -0.2) is 17.4 Å². The molecular formula is C15H15F2N3O. The maximum Gasteiger partial charge on any atom is 0.259 e. The third kappa shape index (κ3) is 3.53. The second-order valence-electron chi connectivity index (χ2n) is 4.48. The molecule has 0 radical (unpaired) electrons. The number of pyridine rings is 1. The van der Waals surface area contributed by atoms with Crippen LogP contribution in [-0.2, 0) is 0 Å². The number of nitrogens with one attached hydrogen (secondary N) is 2. The lowest BCUT2D eigenvalue weighted by molar-refractivity contribution is 0.102. The minimum atomic E-state index is -1.01. The number of amides is 1. The lowest BCUT2D eigenvalue weighted by Gasteiger charge is -2.11. The van der Waals surface area contributed by atoms with Gasteiger partial charge >= 0.3 is 0 Å². The molecule has 0 bridgehead atoms. The highest BCUT2D eigenvalue weighted by molar-refractivity contribution is 6.07. The van der Waals surface area contributed by atoms with Gasteiger partial charge in [-0.2, -0.15) is 0 Å². The van der Waals surface area contributed by atoms with Crippen LogP contribution in [0.15, 0.2) is 30.5 Å². The van der Waals surface area contributed by atoms with Gasteiger partial charge in [-0.3, -0.25) is 9.78 Å². The summed E-state index contributed by atoms with van der Waals surface area (Å²) in [5, 5.41) is 5.59. The van der Waals surface area contributed by atoms with Gasteiger partial charge in [0.15, 0.2) is 11.6 Å². The minimum Gasteiger partial charge on any atom is -0.385 e. The second kappa shape index (κ2) is 6.30. The number of anilines is 2. The van der Waals surface area contributed by atoms with Crippen molar-refractivity contribution in [3.63, 3.8) is 0 Å². The Balaban J connectivity index is 2.25. The maximum absolute atomic E-state index is 13.1. The fourth-order valence-corrected chi connectivity index (χ4v) is 1.85. The molecule has 0 fully saturated rings. The smallest absolute Gasteiger partial charge is 0.259 e. The monoisotopic (exact) mass is 291 g/mol. The molecule has 0 aliphatic heterocycles. The van der Waals surface area contributed by atoms with E-state index < -0.39 is 17.5 Å². The van der Waals surface area contributed by atoms with Crippen molar-refractivity contribution >= 4 is 17.3 Å². The number of rotatable bonds is 4. The van der Waals surface area contributed by atoms with Gasteiger partial charge in [0.05, 0.1) is 11.3 Å². The lowest BCUT2D eigenvalue weighted by Crippen LogP contribution is -2.15. The van der Waals surface area contributed by atoms with Crippen molar-refractivity contribution in [3.8, 4) is 0 Å². The van der Waals surface area contributed by atoms with Crippen LogP contribution >= 0.6 is 0 Å². The summed E-state index contributed by atoms with van der Waals surface area (Å²) in [5.74, 6) is -2.41. The van der Waals surface area contributed by atoms with Gasteiger partial charge in [-0.1, -0.05) is 0 Å². The molecule has 0 saturated carbocycles. The van der Waals surface area contributed by atoms with Gasteiger partial charge in [0.1, 0.15) is 0 Å². The van der Waals surface area contributed by atoms with E-state index in [0.717, 1.165) is 17.8 Å². The summed E-state index contributed by atoms with van der Waals surface area (Å²) in [4.78, 5) is 16.3. The predicted molar refractivity (Wildman–Crippen MR) is 77.4 cm³/mol. The van der Waals surface area contributed by atoms with Crippen LogP contribution in [0.5, 0.6) is 0 Å². The average molecular weight is 291 g/mol. The number of benzene rings is 1. The van der Waals surface area contributed by atoms with E-state index in [1.165, 1.54) is 12.3 Å². The Hall–Kier alpha value is -2.50. The van der Waals surface area contributed by atoms with E-state index in [0.29, 0.717) is 17.8 Å². The summed E-state index contributed by atoms with van der Waals surface area (Å²) in [7, 11) is 0. The molecule has 0 atom stereocenters. The molecule has 1 aromatic heterocycles. The van der Waals surface area contributed by atoms with E-state index >= 15 is 0 Å². The molecule has 2 N–H and O–H groups in total. The number of aryl methyl sites for hydroxylation is 1. The molecule has 0 spiro atoms. The van der Waals surface area contributed by atoms with Crippen molar-refractivity contribution in [1.29, 1.82) is 0 Å². The maximum atomic E-state index is 13.1. The molecular weight excluding hydrogens is 276 g/mol. The Morgan fingerprint density at radius 3 is 2.67 bits per heavy atom. The lowest BCUT2D eigenvalue weighted by atomic mass is 10.2. The van der Waals surface area contributed by atoms with Crippen molar-refractivity contribution in [3.05, 3.63) is 53.4 Å². The largest absolute Gasteiger partial charge is 0.385 e. The Morgan fingerprint density at radius 1 is 1.24 bits per heavy atom. The number of aromatic nitrogens is 1. The first-order valence-electron chi connectivity index (χ1n) is 6.48. The Bertz CT molecular complexity index is 674. The highest BCUT2D eigenvalue weighted by Crippen LogP contribution is 2.19. The molecule has 0 unspecified atom stereocenters. The summed E-state index contributed by atoms with van der Waals surface area (Å²) in [6.45, 7) is 4.37. The van der Waals surface area contributed by atoms with E-state index in [2.05, 4.69) is 15.6 Å². The molecule has 0 saturated heterocycles. The van der Waals surface area contributed by atoms with Crippen LogP contribution < -0.4 is 10.6 Å². The quantitative estimate of drug-likeness (QED) is 0.908. The number of halogens is 2. The van der Waals surface area contributed by atoms with E-state index in [1.54, 1.807) is 6.07 Å². The van der Waals surface area contributed by atoms with Crippen LogP contribution in [0.1, 0.15) is 23.0 Å². The third-order valence-corrected chi connectivity index (χ3v) is 2.83. The van der Waals surface area contributed by atoms with Gasteiger partial charge in [-0.25, -0.2) is 8.78 Å². The van der Waals surface area contributed by atoms with Crippen molar-refractivity contribution in [2.45, 2.75) is 13.8 Å². The Kier molecular flexibility index (Phi) is 4.47.